The molecule has 132 valence electrons. The van der Waals surface area contributed by atoms with Crippen molar-refractivity contribution in [2.75, 3.05) is 6.54 Å². The van der Waals surface area contributed by atoms with Crippen LogP contribution in [0.1, 0.15) is 36.5 Å². The zero-order chi connectivity index (χ0) is 18.2. The van der Waals surface area contributed by atoms with E-state index >= 15 is 0 Å². The van der Waals surface area contributed by atoms with Crippen LogP contribution in [0.4, 0.5) is 5.69 Å². The third-order valence-corrected chi connectivity index (χ3v) is 5.13. The van der Waals surface area contributed by atoms with E-state index in [1.165, 1.54) is 17.8 Å². The van der Waals surface area contributed by atoms with Crippen LogP contribution in [-0.4, -0.2) is 17.4 Å². The lowest BCUT2D eigenvalue weighted by molar-refractivity contribution is -0.387. The van der Waals surface area contributed by atoms with Crippen molar-refractivity contribution in [3.63, 3.8) is 0 Å². The highest BCUT2D eigenvalue weighted by molar-refractivity contribution is 9.10. The van der Waals surface area contributed by atoms with Crippen molar-refractivity contribution in [1.29, 1.82) is 0 Å². The number of benzene rings is 2. The maximum absolute atomic E-state index is 12.1. The Morgan fingerprint density at radius 3 is 2.56 bits per heavy atom. The summed E-state index contributed by atoms with van der Waals surface area (Å²) in [6, 6.07) is 12.1. The lowest BCUT2D eigenvalue weighted by Crippen LogP contribution is -2.24. The van der Waals surface area contributed by atoms with Gasteiger partial charge in [0.15, 0.2) is 0 Å². The summed E-state index contributed by atoms with van der Waals surface area (Å²) < 4.78 is 0.946. The Morgan fingerprint density at radius 2 is 1.92 bits per heavy atom. The van der Waals surface area contributed by atoms with Gasteiger partial charge in [-0.15, -0.1) is 0 Å². The van der Waals surface area contributed by atoms with E-state index in [-0.39, 0.29) is 11.6 Å². The molecule has 0 spiro atoms. The van der Waals surface area contributed by atoms with Crippen molar-refractivity contribution in [2.45, 2.75) is 36.0 Å². The Kier molecular flexibility index (Phi) is 7.46. The molecule has 0 fully saturated rings. The van der Waals surface area contributed by atoms with E-state index in [0.717, 1.165) is 28.6 Å². The smallest absolute Gasteiger partial charge is 0.284 e. The second-order valence-corrected chi connectivity index (χ2v) is 7.49. The van der Waals surface area contributed by atoms with Gasteiger partial charge >= 0.3 is 0 Å². The van der Waals surface area contributed by atoms with E-state index in [1.807, 2.05) is 24.3 Å². The topological polar surface area (TPSA) is 72.2 Å². The van der Waals surface area contributed by atoms with E-state index in [0.29, 0.717) is 17.0 Å². The largest absolute Gasteiger partial charge is 0.352 e. The molecule has 0 aliphatic rings. The van der Waals surface area contributed by atoms with Crippen LogP contribution in [0.5, 0.6) is 0 Å². The van der Waals surface area contributed by atoms with Gasteiger partial charge in [0.2, 0.25) is 0 Å². The minimum Gasteiger partial charge on any atom is -0.352 e. The molecule has 2 aromatic rings. The zero-order valence-electron chi connectivity index (χ0n) is 13.8. The molecule has 0 bridgehead atoms. The van der Waals surface area contributed by atoms with Gasteiger partial charge in [0.05, 0.1) is 9.82 Å². The van der Waals surface area contributed by atoms with Crippen molar-refractivity contribution < 1.29 is 9.72 Å². The Labute approximate surface area is 159 Å². The van der Waals surface area contributed by atoms with Gasteiger partial charge in [-0.1, -0.05) is 47.5 Å². The molecule has 0 unspecified atom stereocenters. The SMILES string of the molecule is CCCCCNC(=O)c1ccc(Sc2ccc(Br)cc2)c([N+](=O)[O-])c1. The summed E-state index contributed by atoms with van der Waals surface area (Å²) in [4.78, 5) is 24.5. The molecule has 0 saturated heterocycles. The number of carbonyl (C=O) groups is 1. The van der Waals surface area contributed by atoms with Crippen LogP contribution < -0.4 is 5.32 Å². The van der Waals surface area contributed by atoms with E-state index in [9.17, 15) is 14.9 Å². The van der Waals surface area contributed by atoms with Gasteiger partial charge in [-0.2, -0.15) is 0 Å². The Hall–Kier alpha value is -1.86. The maximum Gasteiger partial charge on any atom is 0.284 e. The van der Waals surface area contributed by atoms with Crippen LogP contribution in [-0.2, 0) is 0 Å². The monoisotopic (exact) mass is 422 g/mol. The third-order valence-electron chi connectivity index (χ3n) is 3.53. The first-order valence-electron chi connectivity index (χ1n) is 8.01. The van der Waals surface area contributed by atoms with Crippen LogP contribution in [0.25, 0.3) is 0 Å². The average Bonchev–Trinajstić information content (AvgIpc) is 2.60. The molecular formula is C18H19BrN2O3S. The molecule has 0 aromatic heterocycles. The van der Waals surface area contributed by atoms with Gasteiger partial charge in [0.1, 0.15) is 0 Å². The van der Waals surface area contributed by atoms with E-state index in [4.69, 9.17) is 0 Å². The van der Waals surface area contributed by atoms with Gasteiger partial charge in [0, 0.05) is 27.5 Å². The molecule has 1 N–H and O–H groups in total. The first-order chi connectivity index (χ1) is 12.0. The van der Waals surface area contributed by atoms with Crippen molar-refractivity contribution in [3.05, 3.63) is 62.6 Å². The molecule has 0 atom stereocenters. The van der Waals surface area contributed by atoms with E-state index < -0.39 is 4.92 Å². The summed E-state index contributed by atoms with van der Waals surface area (Å²) >= 11 is 4.66. The summed E-state index contributed by atoms with van der Waals surface area (Å²) in [6.45, 7) is 2.67. The number of nitrogens with zero attached hydrogens (tertiary/aromatic N) is 1. The lowest BCUT2D eigenvalue weighted by Gasteiger charge is -2.07. The average molecular weight is 423 g/mol. The summed E-state index contributed by atoms with van der Waals surface area (Å²) in [7, 11) is 0. The van der Waals surface area contributed by atoms with Gasteiger partial charge in [-0.05, 0) is 42.8 Å². The van der Waals surface area contributed by atoms with Crippen molar-refractivity contribution in [1.82, 2.24) is 5.32 Å². The number of unbranched alkanes of at least 4 members (excludes halogenated alkanes) is 2. The van der Waals surface area contributed by atoms with Crippen LogP contribution in [0.15, 0.2) is 56.7 Å². The Morgan fingerprint density at radius 1 is 1.20 bits per heavy atom. The van der Waals surface area contributed by atoms with Crippen LogP contribution in [0, 0.1) is 10.1 Å². The number of hydrogen-bond donors (Lipinski definition) is 1. The highest BCUT2D eigenvalue weighted by atomic mass is 79.9. The highest BCUT2D eigenvalue weighted by Crippen LogP contribution is 2.35. The van der Waals surface area contributed by atoms with Gasteiger partial charge in [-0.25, -0.2) is 0 Å². The highest BCUT2D eigenvalue weighted by Gasteiger charge is 2.18. The zero-order valence-corrected chi connectivity index (χ0v) is 16.2. The van der Waals surface area contributed by atoms with E-state index in [2.05, 4.69) is 28.2 Å². The molecule has 1 amide bonds. The van der Waals surface area contributed by atoms with E-state index in [1.54, 1.807) is 12.1 Å². The summed E-state index contributed by atoms with van der Waals surface area (Å²) in [6.07, 6.45) is 3.02. The second-order valence-electron chi connectivity index (χ2n) is 5.46. The van der Waals surface area contributed by atoms with Crippen molar-refractivity contribution >= 4 is 39.3 Å². The Bertz CT molecular complexity index is 750. The molecule has 5 nitrogen and oxygen atoms in total. The standard InChI is InChI=1S/C18H19BrN2O3S/c1-2-3-4-11-20-18(22)13-5-10-17(16(12-13)21(23)24)25-15-8-6-14(19)7-9-15/h5-10,12H,2-4,11H2,1H3,(H,20,22). The fraction of sp³-hybridized carbons (Fsp3) is 0.278. The number of hydrogen-bond acceptors (Lipinski definition) is 4. The van der Waals surface area contributed by atoms with Crippen LogP contribution in [0.2, 0.25) is 0 Å². The minimum atomic E-state index is -0.449. The Balaban J connectivity index is 2.15. The lowest BCUT2D eigenvalue weighted by atomic mass is 10.2. The molecular weight excluding hydrogens is 404 g/mol. The predicted octanol–water partition coefficient (Wildman–Crippen LogP) is 5.43. The number of carbonyl (C=O) groups excluding carboxylic acids is 1. The molecule has 0 aliphatic heterocycles. The molecule has 25 heavy (non-hydrogen) atoms. The van der Waals surface area contributed by atoms with Crippen LogP contribution >= 0.6 is 27.7 Å². The number of amides is 1. The minimum absolute atomic E-state index is 0.0610. The number of rotatable bonds is 8. The van der Waals surface area contributed by atoms with Gasteiger partial charge in [0.25, 0.3) is 11.6 Å². The van der Waals surface area contributed by atoms with Crippen LogP contribution in [0.3, 0.4) is 0 Å². The number of nitro benzene ring substituents is 1. The first kappa shape index (κ1) is 19.5. The maximum atomic E-state index is 12.1. The number of nitro groups is 1. The molecule has 2 rings (SSSR count). The number of nitrogens with one attached hydrogen (secondary N) is 1. The van der Waals surface area contributed by atoms with Gasteiger partial charge < -0.3 is 5.32 Å². The number of halogens is 1. The van der Waals surface area contributed by atoms with Gasteiger partial charge in [-0.3, -0.25) is 14.9 Å². The first-order valence-corrected chi connectivity index (χ1v) is 9.62. The molecule has 0 radical (unpaired) electrons. The molecule has 0 saturated carbocycles. The summed E-state index contributed by atoms with van der Waals surface area (Å²) in [5.41, 5.74) is 0.248. The van der Waals surface area contributed by atoms with Crippen molar-refractivity contribution in [3.8, 4) is 0 Å². The molecule has 0 heterocycles. The molecule has 7 heteroatoms. The van der Waals surface area contributed by atoms with Crippen molar-refractivity contribution in [2.24, 2.45) is 0 Å². The fourth-order valence-corrected chi connectivity index (χ4v) is 3.36. The summed E-state index contributed by atoms with van der Waals surface area (Å²) in [5.74, 6) is -0.278. The molecule has 0 aliphatic carbocycles. The predicted molar refractivity (Wildman–Crippen MR) is 103 cm³/mol. The molecule has 2 aromatic carbocycles. The second kappa shape index (κ2) is 9.58. The fourth-order valence-electron chi connectivity index (χ4n) is 2.20. The normalized spacial score (nSPS) is 10.5. The summed E-state index contributed by atoms with van der Waals surface area (Å²) in [5, 5.41) is 14.2. The quantitative estimate of drug-likeness (QED) is 0.349. The third kappa shape index (κ3) is 5.86.